The van der Waals surface area contributed by atoms with Crippen LogP contribution in [-0.4, -0.2) is 36.1 Å². The van der Waals surface area contributed by atoms with E-state index in [9.17, 15) is 0 Å². The van der Waals surface area contributed by atoms with Gasteiger partial charge in [-0.3, -0.25) is 9.88 Å². The molecule has 0 saturated carbocycles. The molecule has 0 amide bonds. The highest BCUT2D eigenvalue weighted by atomic mass is 35.5. The molecule has 3 heterocycles. The van der Waals surface area contributed by atoms with Crippen molar-refractivity contribution in [2.45, 2.75) is 12.5 Å². The number of nitrogens with zero attached hydrogens (tertiary/aromatic N) is 2. The summed E-state index contributed by atoms with van der Waals surface area (Å²) in [5.74, 6) is 0.860. The monoisotopic (exact) mass is 332 g/mol. The fraction of sp³-hybridized carbons (Fsp3) is 0.357. The molecule has 20 heavy (non-hydrogen) atoms. The number of hydrogen-bond acceptors (Lipinski definition) is 4. The zero-order valence-electron chi connectivity index (χ0n) is 11.2. The number of rotatable bonds is 4. The predicted molar refractivity (Wildman–Crippen MR) is 88.6 cm³/mol. The van der Waals surface area contributed by atoms with Crippen LogP contribution in [0.3, 0.4) is 0 Å². The van der Waals surface area contributed by atoms with Crippen LogP contribution >= 0.6 is 36.2 Å². The van der Waals surface area contributed by atoms with E-state index in [1.54, 1.807) is 17.5 Å². The number of aromatic nitrogens is 1. The maximum atomic E-state index is 5.82. The van der Waals surface area contributed by atoms with Gasteiger partial charge in [-0.2, -0.15) is 11.3 Å². The number of ether oxygens (including phenoxy) is 1. The van der Waals surface area contributed by atoms with Gasteiger partial charge in [-0.1, -0.05) is 0 Å². The van der Waals surface area contributed by atoms with Gasteiger partial charge < -0.3 is 4.74 Å². The van der Waals surface area contributed by atoms with E-state index in [-0.39, 0.29) is 24.8 Å². The number of pyridine rings is 1. The highest BCUT2D eigenvalue weighted by Gasteiger charge is 2.24. The van der Waals surface area contributed by atoms with Crippen molar-refractivity contribution in [2.75, 3.05) is 20.2 Å². The van der Waals surface area contributed by atoms with Crippen LogP contribution in [0.25, 0.3) is 11.1 Å². The van der Waals surface area contributed by atoms with Gasteiger partial charge in [0.15, 0.2) is 0 Å². The van der Waals surface area contributed by atoms with Crippen LogP contribution in [0.1, 0.15) is 6.42 Å². The van der Waals surface area contributed by atoms with Crippen molar-refractivity contribution in [3.8, 4) is 16.9 Å². The number of hydrogen-bond donors (Lipinski definition) is 0. The van der Waals surface area contributed by atoms with Crippen molar-refractivity contribution < 1.29 is 4.74 Å². The quantitative estimate of drug-likeness (QED) is 0.852. The van der Waals surface area contributed by atoms with Gasteiger partial charge in [0.1, 0.15) is 12.4 Å². The first-order chi connectivity index (χ1) is 8.83. The first kappa shape index (κ1) is 17.2. The molecule has 0 radical (unpaired) electrons. The fourth-order valence-corrected chi connectivity index (χ4v) is 2.72. The average molecular weight is 333 g/mol. The molecule has 2 aromatic rings. The zero-order chi connectivity index (χ0) is 12.4. The van der Waals surface area contributed by atoms with E-state index in [1.165, 1.54) is 18.5 Å². The number of thiophene rings is 1. The van der Waals surface area contributed by atoms with Gasteiger partial charge in [0.2, 0.25) is 0 Å². The molecular weight excluding hydrogens is 315 g/mol. The highest BCUT2D eigenvalue weighted by Crippen LogP contribution is 2.25. The van der Waals surface area contributed by atoms with E-state index < -0.39 is 0 Å². The maximum Gasteiger partial charge on any atom is 0.138 e. The van der Waals surface area contributed by atoms with Crippen molar-refractivity contribution in [2.24, 2.45) is 0 Å². The summed E-state index contributed by atoms with van der Waals surface area (Å²) in [6, 6.07) is 4.73. The lowest BCUT2D eigenvalue weighted by Crippen LogP contribution is -2.48. The summed E-state index contributed by atoms with van der Waals surface area (Å²) < 4.78 is 5.82. The summed E-state index contributed by atoms with van der Waals surface area (Å²) in [5.41, 5.74) is 2.33. The molecule has 3 nitrogen and oxygen atoms in total. The SMILES string of the molecule is CN1CC[C@@H]1COc1cncc(-c2ccsc2)c1.Cl.Cl. The molecule has 6 heteroatoms. The zero-order valence-corrected chi connectivity index (χ0v) is 13.6. The molecule has 1 aliphatic rings. The van der Waals surface area contributed by atoms with E-state index >= 15 is 0 Å². The molecule has 0 bridgehead atoms. The second-order valence-electron chi connectivity index (χ2n) is 4.66. The van der Waals surface area contributed by atoms with Crippen LogP contribution < -0.4 is 4.74 Å². The van der Waals surface area contributed by atoms with E-state index in [0.717, 1.165) is 17.9 Å². The van der Waals surface area contributed by atoms with Crippen molar-refractivity contribution in [1.29, 1.82) is 0 Å². The second kappa shape index (κ2) is 7.84. The van der Waals surface area contributed by atoms with E-state index in [4.69, 9.17) is 4.74 Å². The Bertz CT molecular complexity index is 522. The van der Waals surface area contributed by atoms with Gasteiger partial charge in [0.25, 0.3) is 0 Å². The third kappa shape index (κ3) is 3.85. The highest BCUT2D eigenvalue weighted by molar-refractivity contribution is 7.08. The van der Waals surface area contributed by atoms with Crippen LogP contribution in [-0.2, 0) is 0 Å². The Labute approximate surface area is 135 Å². The summed E-state index contributed by atoms with van der Waals surface area (Å²) >= 11 is 1.70. The lowest BCUT2D eigenvalue weighted by atomic mass is 10.1. The standard InChI is InChI=1S/C14H16N2OS.2ClH/c1-16-4-2-13(16)9-17-14-6-12(7-15-8-14)11-3-5-18-10-11;;/h3,5-8,10,13H,2,4,9H2,1H3;2*1H/t13-;;/m1../s1. The number of likely N-dealkylation sites (N-methyl/N-ethyl adjacent to an activating group) is 1. The summed E-state index contributed by atoms with van der Waals surface area (Å²) in [6.07, 6.45) is 4.90. The van der Waals surface area contributed by atoms with Crippen molar-refractivity contribution in [1.82, 2.24) is 9.88 Å². The van der Waals surface area contributed by atoms with Crippen LogP contribution in [0, 0.1) is 0 Å². The van der Waals surface area contributed by atoms with Crippen molar-refractivity contribution in [3.05, 3.63) is 35.3 Å². The van der Waals surface area contributed by atoms with E-state index in [2.05, 4.69) is 39.8 Å². The number of likely N-dealkylation sites (tertiary alicyclic amines) is 1. The smallest absolute Gasteiger partial charge is 0.138 e. The topological polar surface area (TPSA) is 25.4 Å². The molecule has 0 aliphatic carbocycles. The Balaban J connectivity index is 0.000001000. The van der Waals surface area contributed by atoms with Gasteiger partial charge in [-0.05, 0) is 48.5 Å². The summed E-state index contributed by atoms with van der Waals surface area (Å²) in [4.78, 5) is 6.56. The Morgan fingerprint density at radius 2 is 2.20 bits per heavy atom. The Hall–Kier alpha value is -0.810. The molecule has 0 N–H and O–H groups in total. The lowest BCUT2D eigenvalue weighted by molar-refractivity contribution is 0.0768. The number of halogens is 2. The first-order valence-electron chi connectivity index (χ1n) is 6.13. The van der Waals surface area contributed by atoms with Crippen LogP contribution in [0.4, 0.5) is 0 Å². The van der Waals surface area contributed by atoms with E-state index in [1.807, 2.05) is 6.20 Å². The molecule has 3 rings (SSSR count). The largest absolute Gasteiger partial charge is 0.490 e. The second-order valence-corrected chi connectivity index (χ2v) is 5.44. The Kier molecular flexibility index (Phi) is 6.76. The van der Waals surface area contributed by atoms with Crippen LogP contribution in [0.2, 0.25) is 0 Å². The lowest BCUT2D eigenvalue weighted by Gasteiger charge is -2.37. The third-order valence-corrected chi connectivity index (χ3v) is 4.13. The third-order valence-electron chi connectivity index (χ3n) is 3.45. The average Bonchev–Trinajstić information content (AvgIpc) is 2.91. The molecule has 1 saturated heterocycles. The minimum Gasteiger partial charge on any atom is -0.490 e. The minimum absolute atomic E-state index is 0. The molecule has 110 valence electrons. The van der Waals surface area contributed by atoms with Gasteiger partial charge >= 0.3 is 0 Å². The predicted octanol–water partition coefficient (Wildman–Crippen LogP) is 3.74. The van der Waals surface area contributed by atoms with Gasteiger partial charge in [-0.15, -0.1) is 24.8 Å². The van der Waals surface area contributed by atoms with Gasteiger partial charge in [-0.25, -0.2) is 0 Å². The molecule has 0 aromatic carbocycles. The molecular formula is C14H18Cl2N2OS. The normalized spacial score (nSPS) is 17.6. The van der Waals surface area contributed by atoms with Crippen LogP contribution in [0.15, 0.2) is 35.3 Å². The molecule has 0 unspecified atom stereocenters. The molecule has 1 aliphatic heterocycles. The summed E-state index contributed by atoms with van der Waals surface area (Å²) in [6.45, 7) is 1.94. The maximum absolute atomic E-state index is 5.82. The van der Waals surface area contributed by atoms with E-state index in [0.29, 0.717) is 6.04 Å². The van der Waals surface area contributed by atoms with Crippen molar-refractivity contribution >= 4 is 36.2 Å². The minimum atomic E-state index is 0. The Morgan fingerprint density at radius 3 is 2.80 bits per heavy atom. The molecule has 1 fully saturated rings. The summed E-state index contributed by atoms with van der Waals surface area (Å²) in [5, 5.41) is 4.20. The van der Waals surface area contributed by atoms with Crippen molar-refractivity contribution in [3.63, 3.8) is 0 Å². The van der Waals surface area contributed by atoms with Gasteiger partial charge in [0, 0.05) is 17.8 Å². The molecule has 0 spiro atoms. The fourth-order valence-electron chi connectivity index (χ4n) is 2.06. The summed E-state index contributed by atoms with van der Waals surface area (Å²) in [7, 11) is 2.14. The molecule has 1 atom stereocenters. The van der Waals surface area contributed by atoms with Gasteiger partial charge in [0.05, 0.1) is 6.20 Å². The molecule has 2 aromatic heterocycles. The van der Waals surface area contributed by atoms with Crippen LogP contribution in [0.5, 0.6) is 5.75 Å². The Morgan fingerprint density at radius 1 is 1.35 bits per heavy atom. The first-order valence-corrected chi connectivity index (χ1v) is 7.08.